The van der Waals surface area contributed by atoms with Crippen molar-refractivity contribution < 1.29 is 24.5 Å². The third-order valence-electron chi connectivity index (χ3n) is 5.43. The summed E-state index contributed by atoms with van der Waals surface area (Å²) in [5, 5.41) is 25.2. The van der Waals surface area contributed by atoms with E-state index in [4.69, 9.17) is 16.3 Å². The number of ether oxygens (including phenoxy) is 1. The van der Waals surface area contributed by atoms with Crippen LogP contribution in [0.2, 0.25) is 5.02 Å². The molecule has 4 N–H and O–H groups in total. The molecule has 2 aromatic carbocycles. The highest BCUT2D eigenvalue weighted by Gasteiger charge is 2.22. The number of anilines is 1. The number of rotatable bonds is 8. The number of pyridine rings is 1. The summed E-state index contributed by atoms with van der Waals surface area (Å²) in [6, 6.07) is 10.5. The number of carbonyl (C=O) groups is 2. The first-order chi connectivity index (χ1) is 16.6. The molecule has 0 bridgehead atoms. The van der Waals surface area contributed by atoms with E-state index in [1.807, 2.05) is 13.0 Å². The maximum absolute atomic E-state index is 13.2. The number of carboxylic acid groups (broad SMARTS) is 1. The Morgan fingerprint density at radius 3 is 2.54 bits per heavy atom. The number of nitrogens with one attached hydrogen (secondary N) is 2. The van der Waals surface area contributed by atoms with Crippen molar-refractivity contribution in [2.75, 3.05) is 12.4 Å². The average Bonchev–Trinajstić information content (AvgIpc) is 2.80. The lowest BCUT2D eigenvalue weighted by atomic mass is 10.0. The predicted octanol–water partition coefficient (Wildman–Crippen LogP) is 4.22. The van der Waals surface area contributed by atoms with Crippen LogP contribution >= 0.6 is 11.6 Å². The molecule has 9 nitrogen and oxygen atoms in total. The van der Waals surface area contributed by atoms with Gasteiger partial charge in [-0.3, -0.25) is 9.59 Å². The van der Waals surface area contributed by atoms with Crippen LogP contribution in [0.3, 0.4) is 0 Å². The highest BCUT2D eigenvalue weighted by molar-refractivity contribution is 6.31. The number of nitrogens with zero attached hydrogens (tertiary/aromatic N) is 1. The van der Waals surface area contributed by atoms with Crippen molar-refractivity contribution >= 4 is 29.3 Å². The molecule has 0 saturated carbocycles. The Hall–Kier alpha value is -3.98. The zero-order valence-electron chi connectivity index (χ0n) is 19.5. The molecule has 3 rings (SSSR count). The molecule has 0 aliphatic heterocycles. The molecule has 184 valence electrons. The second kappa shape index (κ2) is 11.0. The number of aryl methyl sites for hydroxylation is 2. The van der Waals surface area contributed by atoms with Crippen molar-refractivity contribution in [1.82, 2.24) is 9.88 Å². The van der Waals surface area contributed by atoms with Gasteiger partial charge in [0.2, 0.25) is 0 Å². The van der Waals surface area contributed by atoms with Crippen molar-refractivity contribution in [3.63, 3.8) is 0 Å². The maximum atomic E-state index is 13.2. The summed E-state index contributed by atoms with van der Waals surface area (Å²) >= 11 is 6.30. The number of halogens is 1. The van der Waals surface area contributed by atoms with Gasteiger partial charge >= 0.3 is 12.0 Å². The zero-order valence-corrected chi connectivity index (χ0v) is 20.2. The van der Waals surface area contributed by atoms with E-state index < -0.39 is 29.4 Å². The van der Waals surface area contributed by atoms with Crippen molar-refractivity contribution in [2.45, 2.75) is 32.9 Å². The van der Waals surface area contributed by atoms with E-state index in [2.05, 4.69) is 10.6 Å². The van der Waals surface area contributed by atoms with E-state index >= 15 is 0 Å². The number of carbonyl (C=O) groups excluding carboxylic acids is 1. The molecular weight excluding hydrogens is 474 g/mol. The molecule has 0 saturated heterocycles. The molecule has 0 aliphatic rings. The van der Waals surface area contributed by atoms with Crippen LogP contribution in [0.4, 0.5) is 10.5 Å². The summed E-state index contributed by atoms with van der Waals surface area (Å²) in [7, 11) is 1.49. The van der Waals surface area contributed by atoms with Crippen molar-refractivity contribution in [2.24, 2.45) is 0 Å². The van der Waals surface area contributed by atoms with Crippen molar-refractivity contribution in [3.05, 3.63) is 86.3 Å². The minimum Gasteiger partial charge on any atom is -0.505 e. The molecule has 1 atom stereocenters. The molecular formula is C25H26ClN3O6. The van der Waals surface area contributed by atoms with Gasteiger partial charge in [-0.1, -0.05) is 47.5 Å². The number of amides is 2. The van der Waals surface area contributed by atoms with Gasteiger partial charge < -0.3 is 30.2 Å². The first-order valence-corrected chi connectivity index (χ1v) is 11.1. The lowest BCUT2D eigenvalue weighted by Gasteiger charge is -2.19. The summed E-state index contributed by atoms with van der Waals surface area (Å²) in [5.74, 6) is -1.01. The van der Waals surface area contributed by atoms with Gasteiger partial charge in [0.1, 0.15) is 11.5 Å². The summed E-state index contributed by atoms with van der Waals surface area (Å²) < 4.78 is 6.63. The fourth-order valence-electron chi connectivity index (χ4n) is 3.70. The largest absolute Gasteiger partial charge is 0.505 e. The number of urea groups is 1. The van der Waals surface area contributed by atoms with Gasteiger partial charge in [-0.25, -0.2) is 4.79 Å². The van der Waals surface area contributed by atoms with Gasteiger partial charge in [0.25, 0.3) is 5.56 Å². The molecule has 1 aromatic heterocycles. The SMILES string of the molecule is COc1cccc(Cl)c1Cn1cc(C)c(O)c(NC(=O)N[C@@H](CC(=O)O)c2cccc(C)c2)c1=O. The first kappa shape index (κ1) is 25.6. The molecule has 10 heteroatoms. The second-order valence-electron chi connectivity index (χ2n) is 8.05. The van der Waals surface area contributed by atoms with E-state index in [1.54, 1.807) is 43.3 Å². The first-order valence-electron chi connectivity index (χ1n) is 10.7. The molecule has 1 heterocycles. The van der Waals surface area contributed by atoms with Gasteiger partial charge in [-0.05, 0) is 31.5 Å². The Morgan fingerprint density at radius 1 is 1.17 bits per heavy atom. The van der Waals surface area contributed by atoms with Crippen LogP contribution in [0, 0.1) is 13.8 Å². The summed E-state index contributed by atoms with van der Waals surface area (Å²) in [4.78, 5) is 37.3. The van der Waals surface area contributed by atoms with Crippen LogP contribution in [0.5, 0.6) is 11.5 Å². The number of aromatic nitrogens is 1. The summed E-state index contributed by atoms with van der Waals surface area (Å²) in [6.45, 7) is 3.46. The van der Waals surface area contributed by atoms with Crippen LogP contribution in [-0.4, -0.2) is 33.9 Å². The van der Waals surface area contributed by atoms with E-state index in [-0.39, 0.29) is 18.7 Å². The maximum Gasteiger partial charge on any atom is 0.319 e. The number of carboxylic acids is 1. The van der Waals surface area contributed by atoms with Crippen LogP contribution < -0.4 is 20.9 Å². The second-order valence-corrected chi connectivity index (χ2v) is 8.46. The average molecular weight is 500 g/mol. The molecule has 2 amide bonds. The van der Waals surface area contributed by atoms with Crippen LogP contribution in [0.15, 0.2) is 53.5 Å². The number of hydrogen-bond donors (Lipinski definition) is 4. The Kier molecular flexibility index (Phi) is 8.03. The number of aromatic hydroxyl groups is 1. The van der Waals surface area contributed by atoms with Crippen LogP contribution in [0.1, 0.15) is 34.7 Å². The number of methoxy groups -OCH3 is 1. The zero-order chi connectivity index (χ0) is 25.7. The van der Waals surface area contributed by atoms with Crippen molar-refractivity contribution in [1.29, 1.82) is 0 Å². The predicted molar refractivity (Wildman–Crippen MR) is 133 cm³/mol. The monoisotopic (exact) mass is 499 g/mol. The fraction of sp³-hybridized carbons (Fsp3) is 0.240. The van der Waals surface area contributed by atoms with Gasteiger partial charge in [-0.2, -0.15) is 0 Å². The highest BCUT2D eigenvalue weighted by atomic mass is 35.5. The topological polar surface area (TPSA) is 130 Å². The molecule has 0 spiro atoms. The van der Waals surface area contributed by atoms with E-state index in [9.17, 15) is 24.6 Å². The van der Waals surface area contributed by atoms with E-state index in [1.165, 1.54) is 17.9 Å². The molecule has 3 aromatic rings. The smallest absolute Gasteiger partial charge is 0.319 e. The van der Waals surface area contributed by atoms with Crippen LogP contribution in [0.25, 0.3) is 0 Å². The van der Waals surface area contributed by atoms with Crippen LogP contribution in [-0.2, 0) is 11.3 Å². The summed E-state index contributed by atoms with van der Waals surface area (Å²) in [5.41, 5.74) is 1.38. The normalized spacial score (nSPS) is 11.5. The molecule has 0 unspecified atom stereocenters. The number of benzene rings is 2. The number of aliphatic carboxylic acids is 1. The third-order valence-corrected chi connectivity index (χ3v) is 5.78. The fourth-order valence-corrected chi connectivity index (χ4v) is 3.93. The lowest BCUT2D eigenvalue weighted by Crippen LogP contribution is -2.36. The third kappa shape index (κ3) is 6.13. The molecule has 0 aliphatic carbocycles. The Morgan fingerprint density at radius 2 is 1.89 bits per heavy atom. The Labute approximate surface area is 206 Å². The van der Waals surface area contributed by atoms with Crippen molar-refractivity contribution in [3.8, 4) is 11.5 Å². The van der Waals surface area contributed by atoms with E-state index in [0.717, 1.165) is 5.56 Å². The highest BCUT2D eigenvalue weighted by Crippen LogP contribution is 2.29. The minimum atomic E-state index is -1.11. The lowest BCUT2D eigenvalue weighted by molar-refractivity contribution is -0.137. The Bertz CT molecular complexity index is 1320. The summed E-state index contributed by atoms with van der Waals surface area (Å²) in [6.07, 6.45) is 1.08. The molecule has 0 radical (unpaired) electrons. The quantitative estimate of drug-likeness (QED) is 0.367. The molecule has 35 heavy (non-hydrogen) atoms. The van der Waals surface area contributed by atoms with E-state index in [0.29, 0.717) is 27.5 Å². The minimum absolute atomic E-state index is 0.0318. The Balaban J connectivity index is 1.91. The van der Waals surface area contributed by atoms with Gasteiger partial charge in [0, 0.05) is 22.3 Å². The number of hydrogen-bond acceptors (Lipinski definition) is 5. The van der Waals surface area contributed by atoms with Gasteiger partial charge in [0.05, 0.1) is 26.1 Å². The van der Waals surface area contributed by atoms with Gasteiger partial charge in [-0.15, -0.1) is 0 Å². The van der Waals surface area contributed by atoms with Gasteiger partial charge in [0.15, 0.2) is 5.69 Å². The molecule has 0 fully saturated rings. The standard InChI is InChI=1S/C25H26ClN3O6/c1-14-6-4-7-16(10-14)19(11-21(30)31)27-25(34)28-22-23(32)15(2)12-29(24(22)33)13-17-18(26)8-5-9-20(17)35-3/h4-10,12,19,32H,11,13H2,1-3H3,(H,30,31)(H2,27,28,34)/t19-/m0/s1.